The number of amides is 1. The summed E-state index contributed by atoms with van der Waals surface area (Å²) >= 11 is 0. The Morgan fingerprint density at radius 3 is 2.87 bits per heavy atom. The molecule has 1 amide bonds. The second-order valence-corrected chi connectivity index (χ2v) is 7.13. The number of hydrogen-bond acceptors (Lipinski definition) is 7. The van der Waals surface area contributed by atoms with Gasteiger partial charge < -0.3 is 19.4 Å². The highest BCUT2D eigenvalue weighted by Crippen LogP contribution is 2.23. The molecule has 0 spiro atoms. The number of H-pyrrole nitrogens is 1. The number of methoxy groups -OCH3 is 1. The van der Waals surface area contributed by atoms with E-state index >= 15 is 0 Å². The summed E-state index contributed by atoms with van der Waals surface area (Å²) in [5.41, 5.74) is 1.43. The fourth-order valence-electron chi connectivity index (χ4n) is 3.52. The van der Waals surface area contributed by atoms with Crippen LogP contribution in [0.25, 0.3) is 11.5 Å². The molecular formula is C22H23N5O4. The number of nitrogens with one attached hydrogen (secondary N) is 1. The van der Waals surface area contributed by atoms with Crippen LogP contribution in [-0.2, 0) is 17.8 Å². The van der Waals surface area contributed by atoms with Gasteiger partial charge in [-0.05, 0) is 25.0 Å². The Bertz CT molecular complexity index is 1130. The third-order valence-electron chi connectivity index (χ3n) is 5.16. The first-order valence-electron chi connectivity index (χ1n) is 10.1. The zero-order valence-electron chi connectivity index (χ0n) is 17.4. The van der Waals surface area contributed by atoms with E-state index < -0.39 is 6.10 Å². The molecule has 0 fully saturated rings. The van der Waals surface area contributed by atoms with Crippen LogP contribution in [0.3, 0.4) is 0 Å². The summed E-state index contributed by atoms with van der Waals surface area (Å²) in [6, 6.07) is 7.16. The van der Waals surface area contributed by atoms with E-state index in [1.54, 1.807) is 30.3 Å². The standard InChI is InChI=1S/C22H23N5O4/c1-3-19(31-15-6-4-5-14(11-15)30-2)22(29)27-10-7-16-18(13-27)25-20(26-21(16)28)17-12-23-8-9-24-17/h4-6,8-9,11-12,19H,3,7,10,13H2,1-2H3,(H,25,26,28). The number of rotatable bonds is 6. The topological polar surface area (TPSA) is 110 Å². The molecule has 1 N–H and O–H groups in total. The van der Waals surface area contributed by atoms with Crippen LogP contribution >= 0.6 is 0 Å². The molecule has 31 heavy (non-hydrogen) atoms. The fourth-order valence-corrected chi connectivity index (χ4v) is 3.52. The SMILES string of the molecule is CCC(Oc1cccc(OC)c1)C(=O)N1CCc2c(nc(-c3cnccn3)[nH]c2=O)C1. The van der Waals surface area contributed by atoms with Crippen LogP contribution in [0, 0.1) is 0 Å². The van der Waals surface area contributed by atoms with Crippen LogP contribution in [-0.4, -0.2) is 50.5 Å². The lowest BCUT2D eigenvalue weighted by Gasteiger charge is -2.30. The van der Waals surface area contributed by atoms with Gasteiger partial charge in [-0.1, -0.05) is 13.0 Å². The predicted molar refractivity (Wildman–Crippen MR) is 113 cm³/mol. The molecule has 0 saturated heterocycles. The smallest absolute Gasteiger partial charge is 0.263 e. The van der Waals surface area contributed by atoms with E-state index in [2.05, 4.69) is 19.9 Å². The zero-order valence-corrected chi connectivity index (χ0v) is 17.4. The average molecular weight is 421 g/mol. The summed E-state index contributed by atoms with van der Waals surface area (Å²) in [4.78, 5) is 42.9. The molecule has 1 aliphatic rings. The number of ether oxygens (including phenoxy) is 2. The predicted octanol–water partition coefficient (Wildman–Crippen LogP) is 1.98. The van der Waals surface area contributed by atoms with E-state index in [1.807, 2.05) is 19.1 Å². The number of fused-ring (bicyclic) bond motifs is 1. The van der Waals surface area contributed by atoms with E-state index in [-0.39, 0.29) is 18.0 Å². The van der Waals surface area contributed by atoms with Crippen LogP contribution in [0.1, 0.15) is 24.6 Å². The Kier molecular flexibility index (Phi) is 5.92. The molecular weight excluding hydrogens is 398 g/mol. The van der Waals surface area contributed by atoms with Crippen molar-refractivity contribution in [2.45, 2.75) is 32.4 Å². The number of aromatic amines is 1. The minimum atomic E-state index is -0.643. The average Bonchev–Trinajstić information content (AvgIpc) is 2.82. The first kappa shape index (κ1) is 20.5. The van der Waals surface area contributed by atoms with Gasteiger partial charge in [-0.25, -0.2) is 9.97 Å². The number of carbonyl (C=O) groups is 1. The van der Waals surface area contributed by atoms with Crippen LogP contribution in [0.2, 0.25) is 0 Å². The second-order valence-electron chi connectivity index (χ2n) is 7.13. The summed E-state index contributed by atoms with van der Waals surface area (Å²) in [6.45, 7) is 2.57. The number of aromatic nitrogens is 4. The van der Waals surface area contributed by atoms with Crippen molar-refractivity contribution in [1.29, 1.82) is 0 Å². The Balaban J connectivity index is 1.54. The first-order chi connectivity index (χ1) is 15.1. The molecule has 1 aliphatic heterocycles. The molecule has 9 nitrogen and oxygen atoms in total. The monoisotopic (exact) mass is 421 g/mol. The Hall–Kier alpha value is -3.75. The van der Waals surface area contributed by atoms with Crippen molar-refractivity contribution in [2.24, 2.45) is 0 Å². The molecule has 3 aromatic rings. The third kappa shape index (κ3) is 4.40. The van der Waals surface area contributed by atoms with Crippen molar-refractivity contribution in [1.82, 2.24) is 24.8 Å². The van der Waals surface area contributed by atoms with E-state index in [0.29, 0.717) is 53.7 Å². The van der Waals surface area contributed by atoms with Crippen molar-refractivity contribution < 1.29 is 14.3 Å². The molecule has 2 aromatic heterocycles. The van der Waals surface area contributed by atoms with Gasteiger partial charge in [0.15, 0.2) is 11.9 Å². The maximum Gasteiger partial charge on any atom is 0.263 e. The van der Waals surface area contributed by atoms with Gasteiger partial charge in [0, 0.05) is 30.6 Å². The van der Waals surface area contributed by atoms with Gasteiger partial charge in [-0.3, -0.25) is 14.6 Å². The molecule has 1 aromatic carbocycles. The van der Waals surface area contributed by atoms with Crippen molar-refractivity contribution in [3.05, 3.63) is 64.5 Å². The fraction of sp³-hybridized carbons (Fsp3) is 0.318. The molecule has 0 aliphatic carbocycles. The summed E-state index contributed by atoms with van der Waals surface area (Å²) in [6.07, 6.45) is 4.91. The summed E-state index contributed by atoms with van der Waals surface area (Å²) in [5, 5.41) is 0. The van der Waals surface area contributed by atoms with Crippen molar-refractivity contribution in [2.75, 3.05) is 13.7 Å². The molecule has 3 heterocycles. The first-order valence-corrected chi connectivity index (χ1v) is 10.1. The van der Waals surface area contributed by atoms with Gasteiger partial charge in [-0.15, -0.1) is 0 Å². The quantitative estimate of drug-likeness (QED) is 0.648. The van der Waals surface area contributed by atoms with Crippen LogP contribution in [0.15, 0.2) is 47.7 Å². The van der Waals surface area contributed by atoms with Gasteiger partial charge in [0.05, 0.1) is 25.5 Å². The Morgan fingerprint density at radius 2 is 2.13 bits per heavy atom. The Labute approximate surface area is 179 Å². The van der Waals surface area contributed by atoms with Crippen LogP contribution in [0.5, 0.6) is 11.5 Å². The van der Waals surface area contributed by atoms with Crippen molar-refractivity contribution >= 4 is 5.91 Å². The number of nitrogens with zero attached hydrogens (tertiary/aromatic N) is 4. The molecule has 4 rings (SSSR count). The molecule has 1 unspecified atom stereocenters. The molecule has 0 saturated carbocycles. The minimum Gasteiger partial charge on any atom is -0.497 e. The zero-order chi connectivity index (χ0) is 21.8. The molecule has 1 atom stereocenters. The normalized spacial score (nSPS) is 13.9. The number of carbonyl (C=O) groups excluding carboxylic acids is 1. The maximum absolute atomic E-state index is 13.2. The third-order valence-corrected chi connectivity index (χ3v) is 5.16. The summed E-state index contributed by atoms with van der Waals surface area (Å²) in [7, 11) is 1.58. The van der Waals surface area contributed by atoms with Crippen LogP contribution in [0.4, 0.5) is 0 Å². The van der Waals surface area contributed by atoms with Crippen molar-refractivity contribution in [3.8, 4) is 23.0 Å². The molecule has 9 heteroatoms. The lowest BCUT2D eigenvalue weighted by Crippen LogP contribution is -2.45. The lowest BCUT2D eigenvalue weighted by atomic mass is 10.1. The van der Waals surface area contributed by atoms with Gasteiger partial charge in [-0.2, -0.15) is 0 Å². The van der Waals surface area contributed by atoms with Crippen molar-refractivity contribution in [3.63, 3.8) is 0 Å². The summed E-state index contributed by atoms with van der Waals surface area (Å²) < 4.78 is 11.2. The van der Waals surface area contributed by atoms with E-state index in [0.717, 1.165) is 0 Å². The van der Waals surface area contributed by atoms with E-state index in [4.69, 9.17) is 9.47 Å². The number of benzene rings is 1. The molecule has 0 bridgehead atoms. The van der Waals surface area contributed by atoms with E-state index in [1.165, 1.54) is 12.4 Å². The maximum atomic E-state index is 13.2. The van der Waals surface area contributed by atoms with Gasteiger partial charge in [0.2, 0.25) is 0 Å². The second kappa shape index (κ2) is 8.95. The molecule has 0 radical (unpaired) electrons. The minimum absolute atomic E-state index is 0.140. The van der Waals surface area contributed by atoms with Gasteiger partial charge in [0.1, 0.15) is 17.2 Å². The van der Waals surface area contributed by atoms with Crippen LogP contribution < -0.4 is 15.0 Å². The van der Waals surface area contributed by atoms with Gasteiger partial charge >= 0.3 is 0 Å². The highest BCUT2D eigenvalue weighted by Gasteiger charge is 2.30. The molecule has 160 valence electrons. The lowest BCUT2D eigenvalue weighted by molar-refractivity contribution is -0.139. The Morgan fingerprint density at radius 1 is 1.29 bits per heavy atom. The highest BCUT2D eigenvalue weighted by molar-refractivity contribution is 5.81. The highest BCUT2D eigenvalue weighted by atomic mass is 16.5. The summed E-state index contributed by atoms with van der Waals surface area (Å²) in [5.74, 6) is 1.42. The largest absolute Gasteiger partial charge is 0.497 e. The number of hydrogen-bond donors (Lipinski definition) is 1. The van der Waals surface area contributed by atoms with E-state index in [9.17, 15) is 9.59 Å². The van der Waals surface area contributed by atoms with Gasteiger partial charge in [0.25, 0.3) is 11.5 Å².